The van der Waals surface area contributed by atoms with Crippen LogP contribution in [-0.4, -0.2) is 63.6 Å². The van der Waals surface area contributed by atoms with Gasteiger partial charge in [0, 0.05) is 42.5 Å². The van der Waals surface area contributed by atoms with Crippen molar-refractivity contribution in [2.45, 2.75) is 62.9 Å². The third kappa shape index (κ3) is 3.85. The van der Waals surface area contributed by atoms with Crippen molar-refractivity contribution < 1.29 is 4.74 Å². The summed E-state index contributed by atoms with van der Waals surface area (Å²) in [6.45, 7) is 7.36. The Balaban J connectivity index is 1.06. The molecule has 9 nitrogen and oxygen atoms in total. The van der Waals surface area contributed by atoms with Gasteiger partial charge in [0.1, 0.15) is 27.7 Å². The minimum absolute atomic E-state index is 0.148. The first-order chi connectivity index (χ1) is 20.2. The molecule has 0 amide bonds. The molecule has 4 bridgehead atoms. The minimum Gasteiger partial charge on any atom is -0.370 e. The van der Waals surface area contributed by atoms with E-state index >= 15 is 0 Å². The zero-order chi connectivity index (χ0) is 27.4. The second-order valence-corrected chi connectivity index (χ2v) is 13.2. The molecule has 216 valence electrons. The van der Waals surface area contributed by atoms with E-state index in [4.69, 9.17) is 4.74 Å². The lowest BCUT2D eigenvalue weighted by molar-refractivity contribution is -0.167. The number of ether oxygens (including phenoxy) is 1. The Morgan fingerprint density at radius 1 is 0.756 bits per heavy atom. The fourth-order valence-corrected chi connectivity index (χ4v) is 9.95. The summed E-state index contributed by atoms with van der Waals surface area (Å²) in [4.78, 5) is 0. The van der Waals surface area contributed by atoms with Crippen LogP contribution in [0.2, 0.25) is 0 Å². The number of hydrogen-bond donors (Lipinski definition) is 4. The lowest BCUT2D eigenvalue weighted by Gasteiger charge is -2.56. The summed E-state index contributed by atoms with van der Waals surface area (Å²) in [5, 5.41) is 31.4. The Labute approximate surface area is 241 Å². The molecule has 2 aliphatic heterocycles. The van der Waals surface area contributed by atoms with Gasteiger partial charge < -0.3 is 15.4 Å². The lowest BCUT2D eigenvalue weighted by atomic mass is 9.51. The molecular formula is C32H42N8O. The van der Waals surface area contributed by atoms with Crippen molar-refractivity contribution in [3.05, 3.63) is 47.5 Å². The molecular weight excluding hydrogens is 512 g/mol. The van der Waals surface area contributed by atoms with E-state index in [1.54, 1.807) is 0 Å². The summed E-state index contributed by atoms with van der Waals surface area (Å²) in [5.41, 5.74) is 6.48. The molecule has 2 saturated carbocycles. The molecule has 0 radical (unpaired) electrons. The fourth-order valence-electron chi connectivity index (χ4n) is 9.95. The first-order valence-electron chi connectivity index (χ1n) is 15.9. The van der Waals surface area contributed by atoms with E-state index in [0.717, 1.165) is 67.7 Å². The highest BCUT2D eigenvalue weighted by atomic mass is 16.5. The van der Waals surface area contributed by atoms with Gasteiger partial charge in [-0.15, -0.1) is 0 Å². The van der Waals surface area contributed by atoms with Gasteiger partial charge in [-0.05, 0) is 87.1 Å². The van der Waals surface area contributed by atoms with Crippen molar-refractivity contribution in [2.24, 2.45) is 29.6 Å². The molecule has 4 N–H and O–H groups in total. The zero-order valence-electron chi connectivity index (χ0n) is 24.0. The maximum Gasteiger partial charge on any atom is 0.119 e. The van der Waals surface area contributed by atoms with Crippen LogP contribution in [0.25, 0.3) is 22.1 Å². The summed E-state index contributed by atoms with van der Waals surface area (Å²) in [5.74, 6) is 2.77. The molecule has 4 atom stereocenters. The third-order valence-corrected chi connectivity index (χ3v) is 11.6. The first-order valence-corrected chi connectivity index (χ1v) is 15.9. The highest BCUT2D eigenvalue weighted by molar-refractivity contribution is 5.79. The van der Waals surface area contributed by atoms with Crippen molar-refractivity contribution in [2.75, 3.05) is 32.8 Å². The van der Waals surface area contributed by atoms with E-state index in [-0.39, 0.29) is 11.0 Å². The average Bonchev–Trinajstić information content (AvgIpc) is 3.66. The first kappa shape index (κ1) is 25.8. The highest BCUT2D eigenvalue weighted by Crippen LogP contribution is 2.55. The zero-order valence-corrected chi connectivity index (χ0v) is 24.0. The van der Waals surface area contributed by atoms with Crippen LogP contribution in [0.15, 0.2) is 36.4 Å². The Kier molecular flexibility index (Phi) is 6.38. The molecule has 4 unspecified atom stereocenters. The number of benzene rings is 2. The average molecular weight is 555 g/mol. The Morgan fingerprint density at radius 2 is 1.34 bits per heavy atom. The van der Waals surface area contributed by atoms with E-state index in [1.807, 2.05) is 0 Å². The van der Waals surface area contributed by atoms with Crippen LogP contribution in [0, 0.1) is 29.6 Å². The summed E-state index contributed by atoms with van der Waals surface area (Å²) in [6, 6.07) is 13.0. The topological polar surface area (TPSA) is 116 Å². The van der Waals surface area contributed by atoms with Crippen molar-refractivity contribution in [3.8, 4) is 0 Å². The quantitative estimate of drug-likeness (QED) is 0.267. The molecule has 0 spiro atoms. The van der Waals surface area contributed by atoms with Gasteiger partial charge in [0.25, 0.3) is 0 Å². The van der Waals surface area contributed by atoms with E-state index < -0.39 is 0 Å². The largest absolute Gasteiger partial charge is 0.370 e. The molecule has 2 aliphatic carbocycles. The normalized spacial score (nSPS) is 35.2. The molecule has 4 aliphatic rings. The maximum absolute atomic E-state index is 7.28. The van der Waals surface area contributed by atoms with Crippen LogP contribution in [0.4, 0.5) is 0 Å². The second kappa shape index (κ2) is 10.1. The van der Waals surface area contributed by atoms with Crippen LogP contribution < -0.4 is 10.6 Å². The van der Waals surface area contributed by atoms with Crippen LogP contribution >= 0.6 is 0 Å². The number of nitrogens with one attached hydrogen (secondary N) is 4. The van der Waals surface area contributed by atoms with Crippen molar-refractivity contribution in [1.82, 2.24) is 41.5 Å². The summed E-state index contributed by atoms with van der Waals surface area (Å²) in [6.07, 6.45) is 8.40. The fraction of sp³-hybridized carbons (Fsp3) is 0.625. The van der Waals surface area contributed by atoms with Crippen molar-refractivity contribution in [3.63, 3.8) is 0 Å². The number of nitrogens with zero attached hydrogens (tertiary/aromatic N) is 4. The molecule has 9 heteroatoms. The molecule has 41 heavy (non-hydrogen) atoms. The van der Waals surface area contributed by atoms with E-state index in [2.05, 4.69) is 84.8 Å². The van der Waals surface area contributed by atoms with Gasteiger partial charge in [0.15, 0.2) is 0 Å². The third-order valence-electron chi connectivity index (χ3n) is 11.6. The van der Waals surface area contributed by atoms with Crippen LogP contribution in [-0.2, 0) is 15.8 Å². The van der Waals surface area contributed by atoms with E-state index in [9.17, 15) is 0 Å². The van der Waals surface area contributed by atoms with Gasteiger partial charge in [-0.25, -0.2) is 0 Å². The van der Waals surface area contributed by atoms with Crippen LogP contribution in [0.3, 0.4) is 0 Å². The standard InChI is InChI=1S/C32H42N8O/c1-2-31(25-8-4-10-27-29(25)37-39-35-27)23-14-20(15-24(31)19-34-18-23)12-13-41-32(21-6-3-7-22(32)17-33-16-21)26-9-5-11-28-30(26)38-40-36-28/h4-5,8-11,20-24,33-34H,2-3,6-7,12-19H2,1H3,(H,35,37,39)(H,36,38,40). The van der Waals surface area contributed by atoms with Crippen molar-refractivity contribution >= 4 is 22.1 Å². The minimum atomic E-state index is -0.290. The number of piperidine rings is 2. The Hall–Kier alpha value is -2.88. The number of hydrogen-bond acceptors (Lipinski definition) is 7. The molecule has 4 fully saturated rings. The van der Waals surface area contributed by atoms with Gasteiger partial charge in [0.05, 0.1) is 0 Å². The van der Waals surface area contributed by atoms with E-state index in [0.29, 0.717) is 29.6 Å². The summed E-state index contributed by atoms with van der Waals surface area (Å²) >= 11 is 0. The van der Waals surface area contributed by atoms with Gasteiger partial charge >= 0.3 is 0 Å². The van der Waals surface area contributed by atoms with E-state index in [1.165, 1.54) is 43.2 Å². The summed E-state index contributed by atoms with van der Waals surface area (Å²) in [7, 11) is 0. The second-order valence-electron chi connectivity index (χ2n) is 13.2. The monoisotopic (exact) mass is 554 g/mol. The highest BCUT2D eigenvalue weighted by Gasteiger charge is 2.54. The molecule has 2 aromatic carbocycles. The van der Waals surface area contributed by atoms with Crippen LogP contribution in [0.5, 0.6) is 0 Å². The van der Waals surface area contributed by atoms with Gasteiger partial charge in [-0.1, -0.05) is 37.6 Å². The SMILES string of the molecule is CCC1(c2cccc3n[nH]nc23)C2CNCC1CC(CCOC1(c3cccc4n[nH]nc34)C3CCCC1CNC3)C2. The molecule has 8 rings (SSSR count). The molecule has 4 aromatic rings. The predicted molar refractivity (Wildman–Crippen MR) is 158 cm³/mol. The van der Waals surface area contributed by atoms with Gasteiger partial charge in [-0.2, -0.15) is 30.8 Å². The number of para-hydroxylation sites is 2. The molecule has 2 aromatic heterocycles. The number of aromatic nitrogens is 6. The predicted octanol–water partition coefficient (Wildman–Crippen LogP) is 4.44. The van der Waals surface area contributed by atoms with Gasteiger partial charge in [-0.3, -0.25) is 0 Å². The number of H-pyrrole nitrogens is 2. The Bertz CT molecular complexity index is 1490. The van der Waals surface area contributed by atoms with Crippen molar-refractivity contribution in [1.29, 1.82) is 0 Å². The lowest BCUT2D eigenvalue weighted by Crippen LogP contribution is -2.59. The number of fused-ring (bicyclic) bond motifs is 6. The van der Waals surface area contributed by atoms with Gasteiger partial charge in [0.2, 0.25) is 0 Å². The number of rotatable bonds is 7. The smallest absolute Gasteiger partial charge is 0.119 e. The maximum atomic E-state index is 7.28. The number of aromatic amines is 2. The molecule has 2 saturated heterocycles. The Morgan fingerprint density at radius 3 is 1.98 bits per heavy atom. The molecule has 4 heterocycles. The van der Waals surface area contributed by atoms with Crippen LogP contribution in [0.1, 0.15) is 63.0 Å². The summed E-state index contributed by atoms with van der Waals surface area (Å²) < 4.78 is 7.28.